The van der Waals surface area contributed by atoms with Crippen molar-refractivity contribution in [2.45, 2.75) is 0 Å². The van der Waals surface area contributed by atoms with Crippen molar-refractivity contribution < 1.29 is 28.9 Å². The van der Waals surface area contributed by atoms with Crippen molar-refractivity contribution in [2.24, 2.45) is 0 Å². The molecule has 0 amide bonds. The summed E-state index contributed by atoms with van der Waals surface area (Å²) in [6, 6.07) is 37.1. The molecule has 32 heavy (non-hydrogen) atoms. The first-order valence-corrected chi connectivity index (χ1v) is 13.2. The maximum atomic E-state index is 8.49. The minimum absolute atomic E-state index is 0.402. The molecule has 0 aliphatic heterocycles. The van der Waals surface area contributed by atoms with Crippen LogP contribution in [0.4, 0.5) is 0 Å². The van der Waals surface area contributed by atoms with Crippen molar-refractivity contribution in [1.82, 2.24) is 5.32 Å². The van der Waals surface area contributed by atoms with E-state index < -0.39 is 30.7 Å². The molecule has 0 unspecified atom stereocenters. The van der Waals surface area contributed by atoms with Crippen LogP contribution in [0.2, 0.25) is 0 Å². The van der Waals surface area contributed by atoms with Gasteiger partial charge in [-0.3, -0.25) is 0 Å². The Balaban J connectivity index is 0.000000395. The van der Waals surface area contributed by atoms with Gasteiger partial charge in [-0.1, -0.05) is 0 Å². The zero-order chi connectivity index (χ0) is 23.4. The molecule has 0 bridgehead atoms. The summed E-state index contributed by atoms with van der Waals surface area (Å²) >= 11 is -0.402. The molecular formula is C25H24ClNO4Te. The standard InChI is InChI=1S/C23H17Te.C2H7N.ClHO4/c1-4-10-18(11-5-1)21-16-22(19-12-6-2-7-13-19)24-23(17-21)20-14-8-3-9-15-20;1-3-2;2-1(3,4)5/h1-17H;3H,1-2H3;(H,2,3,4,5)/q+1;;/p-1. The van der Waals surface area contributed by atoms with Gasteiger partial charge in [-0.25, -0.2) is 18.6 Å². The van der Waals surface area contributed by atoms with Gasteiger partial charge in [0.1, 0.15) is 0 Å². The van der Waals surface area contributed by atoms with E-state index in [2.05, 4.69) is 108 Å². The molecule has 0 aliphatic carbocycles. The third kappa shape index (κ3) is 9.58. The van der Waals surface area contributed by atoms with Crippen molar-refractivity contribution >= 4 is 20.4 Å². The zero-order valence-electron chi connectivity index (χ0n) is 17.7. The monoisotopic (exact) mass is 567 g/mol. The second kappa shape index (κ2) is 13.4. The summed E-state index contributed by atoms with van der Waals surface area (Å²) in [6.07, 6.45) is 0. The summed E-state index contributed by atoms with van der Waals surface area (Å²) < 4.78 is 37.0. The van der Waals surface area contributed by atoms with Crippen LogP contribution in [0.25, 0.3) is 29.4 Å². The van der Waals surface area contributed by atoms with E-state index >= 15 is 0 Å². The van der Waals surface area contributed by atoms with E-state index in [4.69, 9.17) is 18.6 Å². The van der Waals surface area contributed by atoms with E-state index in [9.17, 15) is 0 Å². The van der Waals surface area contributed by atoms with Gasteiger partial charge in [0.15, 0.2) is 0 Å². The summed E-state index contributed by atoms with van der Waals surface area (Å²) in [5, 5.41) is 2.75. The quantitative estimate of drug-likeness (QED) is 0.375. The van der Waals surface area contributed by atoms with Gasteiger partial charge in [-0.05, 0) is 14.1 Å². The molecule has 1 heterocycles. The molecular weight excluding hydrogens is 541 g/mol. The van der Waals surface area contributed by atoms with Crippen LogP contribution in [0.15, 0.2) is 103 Å². The number of nitrogens with one attached hydrogen (secondary N) is 1. The topological polar surface area (TPSA) is 104 Å². The molecule has 5 nitrogen and oxygen atoms in total. The Kier molecular flexibility index (Phi) is 11.0. The van der Waals surface area contributed by atoms with E-state index in [0.717, 1.165) is 0 Å². The van der Waals surface area contributed by atoms with E-state index in [0.29, 0.717) is 0 Å². The van der Waals surface area contributed by atoms with Crippen LogP contribution < -0.4 is 24.0 Å². The van der Waals surface area contributed by atoms with Crippen molar-refractivity contribution in [3.05, 3.63) is 103 Å². The van der Waals surface area contributed by atoms with Crippen LogP contribution in [0.3, 0.4) is 0 Å². The molecule has 0 fully saturated rings. The van der Waals surface area contributed by atoms with Gasteiger partial charge in [-0.15, -0.1) is 10.2 Å². The summed E-state index contributed by atoms with van der Waals surface area (Å²) in [4.78, 5) is 0. The molecule has 7 heteroatoms. The molecule has 0 saturated heterocycles. The normalized spacial score (nSPS) is 10.3. The van der Waals surface area contributed by atoms with Crippen LogP contribution >= 0.6 is 0 Å². The molecule has 4 aromatic rings. The van der Waals surface area contributed by atoms with Crippen molar-refractivity contribution in [3.8, 4) is 29.4 Å². The molecule has 4 rings (SSSR count). The number of benzene rings is 3. The van der Waals surface area contributed by atoms with E-state index in [1.54, 1.807) is 0 Å². The number of hydrogen-bond acceptors (Lipinski definition) is 5. The predicted octanol–water partition coefficient (Wildman–Crippen LogP) is 1.11. The third-order valence-electron chi connectivity index (χ3n) is 4.02. The summed E-state index contributed by atoms with van der Waals surface area (Å²) in [7, 11) is -1.19. The predicted molar refractivity (Wildman–Crippen MR) is 119 cm³/mol. The Morgan fingerprint density at radius 3 is 1.12 bits per heavy atom. The minimum atomic E-state index is -4.94. The Bertz CT molecular complexity index is 914. The molecule has 0 radical (unpaired) electrons. The van der Waals surface area contributed by atoms with Crippen LogP contribution in [-0.2, 0) is 0 Å². The molecule has 166 valence electrons. The summed E-state index contributed by atoms with van der Waals surface area (Å²) in [6.45, 7) is 0. The second-order valence-corrected chi connectivity index (χ2v) is 10.4. The summed E-state index contributed by atoms with van der Waals surface area (Å²) in [5.41, 5.74) is 5.31. The van der Waals surface area contributed by atoms with Gasteiger partial charge in [0.2, 0.25) is 0 Å². The fourth-order valence-corrected chi connectivity index (χ4v) is 5.97. The number of halogens is 1. The van der Waals surface area contributed by atoms with E-state index in [1.807, 2.05) is 14.1 Å². The second-order valence-electron chi connectivity index (χ2n) is 6.55. The molecule has 0 spiro atoms. The molecule has 3 aromatic carbocycles. The average Bonchev–Trinajstić information content (AvgIpc) is 2.80. The maximum absolute atomic E-state index is 8.49. The van der Waals surface area contributed by atoms with Gasteiger partial charge in [0.25, 0.3) is 0 Å². The first-order chi connectivity index (χ1) is 15.3. The van der Waals surface area contributed by atoms with Gasteiger partial charge in [-0.2, -0.15) is 0 Å². The first-order valence-electron chi connectivity index (χ1n) is 9.66. The fourth-order valence-electron chi connectivity index (χ4n) is 2.79. The van der Waals surface area contributed by atoms with Crippen LogP contribution in [0.5, 0.6) is 0 Å². The third-order valence-corrected chi connectivity index (χ3v) is 7.29. The molecule has 1 N–H and O–H groups in total. The van der Waals surface area contributed by atoms with E-state index in [-0.39, 0.29) is 0 Å². The summed E-state index contributed by atoms with van der Waals surface area (Å²) in [5.74, 6) is 0. The van der Waals surface area contributed by atoms with Gasteiger partial charge in [0, 0.05) is 0 Å². The van der Waals surface area contributed by atoms with Gasteiger partial charge >= 0.3 is 153 Å². The average molecular weight is 566 g/mol. The molecule has 0 atom stereocenters. The first kappa shape index (κ1) is 26.1. The molecule has 0 saturated carbocycles. The number of hydrogen-bond donors (Lipinski definition) is 1. The SMILES string of the molecule is CNC.[O-][Cl+3]([O-])([O-])[O-].c1ccc(-c2cc(-c3ccccc3)[te+]c(-c3ccccc3)c2)cc1. The Labute approximate surface area is 200 Å². The number of rotatable bonds is 3. The Morgan fingerprint density at radius 2 is 0.812 bits per heavy atom. The van der Waals surface area contributed by atoms with Crippen molar-refractivity contribution in [2.75, 3.05) is 14.1 Å². The van der Waals surface area contributed by atoms with Gasteiger partial charge in [0.05, 0.1) is 0 Å². The van der Waals surface area contributed by atoms with Crippen molar-refractivity contribution in [1.29, 1.82) is 0 Å². The molecule has 0 aliphatic rings. The van der Waals surface area contributed by atoms with E-state index in [1.165, 1.54) is 29.4 Å². The fraction of sp³-hybridized carbons (Fsp3) is 0.0800. The molecule has 1 aromatic heterocycles. The van der Waals surface area contributed by atoms with Crippen LogP contribution in [-0.4, -0.2) is 34.5 Å². The zero-order valence-corrected chi connectivity index (χ0v) is 20.8. The van der Waals surface area contributed by atoms with Crippen LogP contribution in [0.1, 0.15) is 0 Å². The van der Waals surface area contributed by atoms with Crippen molar-refractivity contribution in [3.63, 3.8) is 0 Å². The van der Waals surface area contributed by atoms with Crippen LogP contribution in [0, 0.1) is 10.2 Å². The Hall–Kier alpha value is -2.11. The Morgan fingerprint density at radius 1 is 0.531 bits per heavy atom. The van der Waals surface area contributed by atoms with Gasteiger partial charge < -0.3 is 5.32 Å².